The van der Waals surface area contributed by atoms with Gasteiger partial charge in [-0.25, -0.2) is 0 Å². The summed E-state index contributed by atoms with van der Waals surface area (Å²) >= 11 is 1.44. The van der Waals surface area contributed by atoms with Crippen molar-refractivity contribution in [3.8, 4) is 36.0 Å². The maximum atomic E-state index is 9.60. The molecule has 0 fully saturated rings. The van der Waals surface area contributed by atoms with Gasteiger partial charge in [0, 0.05) is 11.3 Å². The number of rotatable bonds is 2. The highest BCUT2D eigenvalue weighted by Crippen LogP contribution is 2.24. The quantitative estimate of drug-likeness (QED) is 0.748. The van der Waals surface area contributed by atoms with Crippen LogP contribution in [-0.2, 0) is 0 Å². The molecule has 0 bridgehead atoms. The number of hydrogen-bond donors (Lipinski definition) is 1. The van der Waals surface area contributed by atoms with E-state index in [4.69, 9.17) is 6.42 Å². The fourth-order valence-corrected chi connectivity index (χ4v) is 1.81. The standard InChI is InChI=1S/C13H10OS/c1-3-5-6-8-11-9-10-13(15-11)12(14)7-4-2/h2,9-10,12,14H,7H2,1H3. The van der Waals surface area contributed by atoms with Crippen molar-refractivity contribution in [2.45, 2.75) is 19.4 Å². The number of aliphatic hydroxyl groups is 1. The summed E-state index contributed by atoms with van der Waals surface area (Å²) in [5.41, 5.74) is 0. The first-order chi connectivity index (χ1) is 7.27. The van der Waals surface area contributed by atoms with Crippen LogP contribution in [0.15, 0.2) is 12.1 Å². The molecule has 15 heavy (non-hydrogen) atoms. The Balaban J connectivity index is 2.77. The molecule has 0 spiro atoms. The lowest BCUT2D eigenvalue weighted by Crippen LogP contribution is -1.90. The normalized spacial score (nSPS) is 10.2. The van der Waals surface area contributed by atoms with E-state index >= 15 is 0 Å². The van der Waals surface area contributed by atoms with Crippen LogP contribution in [0.3, 0.4) is 0 Å². The molecule has 1 atom stereocenters. The predicted molar refractivity (Wildman–Crippen MR) is 63.1 cm³/mol. The largest absolute Gasteiger partial charge is 0.387 e. The molecule has 1 aromatic heterocycles. The lowest BCUT2D eigenvalue weighted by atomic mass is 10.2. The van der Waals surface area contributed by atoms with Crippen LogP contribution in [0.25, 0.3) is 0 Å². The Bertz CT molecular complexity index is 482. The molecule has 0 aliphatic heterocycles. The van der Waals surface area contributed by atoms with E-state index in [0.29, 0.717) is 6.42 Å². The summed E-state index contributed by atoms with van der Waals surface area (Å²) in [5.74, 6) is 13.4. The monoisotopic (exact) mass is 214 g/mol. The SMILES string of the molecule is C#CCC(O)c1ccc(C#CC#CC)s1. The zero-order valence-corrected chi connectivity index (χ0v) is 9.19. The van der Waals surface area contributed by atoms with Crippen molar-refractivity contribution in [1.82, 2.24) is 0 Å². The van der Waals surface area contributed by atoms with E-state index in [2.05, 4.69) is 29.6 Å². The summed E-state index contributed by atoms with van der Waals surface area (Å²) < 4.78 is 0. The van der Waals surface area contributed by atoms with Crippen LogP contribution in [0.5, 0.6) is 0 Å². The minimum Gasteiger partial charge on any atom is -0.387 e. The van der Waals surface area contributed by atoms with Gasteiger partial charge >= 0.3 is 0 Å². The lowest BCUT2D eigenvalue weighted by molar-refractivity contribution is 0.188. The molecule has 0 aliphatic rings. The fraction of sp³-hybridized carbons (Fsp3) is 0.231. The molecule has 74 valence electrons. The molecule has 0 saturated heterocycles. The Morgan fingerprint density at radius 1 is 1.47 bits per heavy atom. The highest BCUT2D eigenvalue weighted by Gasteiger charge is 2.07. The first-order valence-electron chi connectivity index (χ1n) is 4.42. The average molecular weight is 214 g/mol. The summed E-state index contributed by atoms with van der Waals surface area (Å²) in [7, 11) is 0. The van der Waals surface area contributed by atoms with Crippen molar-refractivity contribution in [3.05, 3.63) is 21.9 Å². The molecule has 0 aliphatic carbocycles. The predicted octanol–water partition coefficient (Wildman–Crippen LogP) is 2.18. The topological polar surface area (TPSA) is 20.2 Å². The number of thiophene rings is 1. The van der Waals surface area contributed by atoms with Crippen molar-refractivity contribution < 1.29 is 5.11 Å². The van der Waals surface area contributed by atoms with Gasteiger partial charge in [0.15, 0.2) is 0 Å². The van der Waals surface area contributed by atoms with Crippen LogP contribution >= 0.6 is 11.3 Å². The molecule has 2 heteroatoms. The minimum absolute atomic E-state index is 0.335. The van der Waals surface area contributed by atoms with Gasteiger partial charge in [0.25, 0.3) is 0 Å². The van der Waals surface area contributed by atoms with Gasteiger partial charge in [-0.15, -0.1) is 23.7 Å². The molecule has 1 rings (SSSR count). The maximum Gasteiger partial charge on any atom is 0.0991 e. The number of aliphatic hydroxyl groups excluding tert-OH is 1. The van der Waals surface area contributed by atoms with Crippen molar-refractivity contribution in [2.75, 3.05) is 0 Å². The smallest absolute Gasteiger partial charge is 0.0991 e. The maximum absolute atomic E-state index is 9.60. The molecular weight excluding hydrogens is 204 g/mol. The first-order valence-corrected chi connectivity index (χ1v) is 5.23. The van der Waals surface area contributed by atoms with Crippen molar-refractivity contribution >= 4 is 11.3 Å². The van der Waals surface area contributed by atoms with E-state index in [9.17, 15) is 5.11 Å². The molecular formula is C13H10OS. The van der Waals surface area contributed by atoms with Gasteiger partial charge in [-0.05, 0) is 36.8 Å². The first kappa shape index (κ1) is 11.4. The van der Waals surface area contributed by atoms with Crippen LogP contribution in [0.4, 0.5) is 0 Å². The van der Waals surface area contributed by atoms with Gasteiger partial charge in [-0.2, -0.15) is 0 Å². The summed E-state index contributed by atoms with van der Waals surface area (Å²) in [5, 5.41) is 9.60. The Morgan fingerprint density at radius 3 is 2.93 bits per heavy atom. The summed E-state index contributed by atoms with van der Waals surface area (Å²) in [4.78, 5) is 1.74. The minimum atomic E-state index is -0.576. The van der Waals surface area contributed by atoms with Crippen molar-refractivity contribution in [1.29, 1.82) is 0 Å². The summed E-state index contributed by atoms with van der Waals surface area (Å²) in [6.07, 6.45) is 4.88. The second-order valence-corrected chi connectivity index (χ2v) is 3.87. The van der Waals surface area contributed by atoms with Crippen LogP contribution in [0.1, 0.15) is 29.2 Å². The zero-order chi connectivity index (χ0) is 11.1. The average Bonchev–Trinajstić information content (AvgIpc) is 2.67. The van der Waals surface area contributed by atoms with E-state index in [-0.39, 0.29) is 0 Å². The zero-order valence-electron chi connectivity index (χ0n) is 8.37. The van der Waals surface area contributed by atoms with Crippen molar-refractivity contribution in [2.24, 2.45) is 0 Å². The van der Waals surface area contributed by atoms with Crippen molar-refractivity contribution in [3.63, 3.8) is 0 Å². The molecule has 0 radical (unpaired) electrons. The van der Waals surface area contributed by atoms with E-state index < -0.39 is 6.10 Å². The van der Waals surface area contributed by atoms with Gasteiger partial charge in [0.1, 0.15) is 0 Å². The molecule has 1 heterocycles. The molecule has 1 nitrogen and oxygen atoms in total. The third-order valence-electron chi connectivity index (χ3n) is 1.64. The highest BCUT2D eigenvalue weighted by atomic mass is 32.1. The lowest BCUT2D eigenvalue weighted by Gasteiger charge is -2.01. The van der Waals surface area contributed by atoms with Gasteiger partial charge < -0.3 is 5.11 Å². The second kappa shape index (κ2) is 5.94. The third kappa shape index (κ3) is 3.53. The van der Waals surface area contributed by atoms with E-state index in [1.807, 2.05) is 12.1 Å². The van der Waals surface area contributed by atoms with E-state index in [1.165, 1.54) is 11.3 Å². The Hall–Kier alpha value is -1.66. The second-order valence-electron chi connectivity index (χ2n) is 2.75. The fourth-order valence-electron chi connectivity index (χ4n) is 0.967. The molecule has 0 saturated carbocycles. The van der Waals surface area contributed by atoms with E-state index in [0.717, 1.165) is 9.75 Å². The Morgan fingerprint density at radius 2 is 2.27 bits per heavy atom. The molecule has 0 aromatic carbocycles. The highest BCUT2D eigenvalue weighted by molar-refractivity contribution is 7.12. The van der Waals surface area contributed by atoms with Crippen LogP contribution < -0.4 is 0 Å². The summed E-state index contributed by atoms with van der Waals surface area (Å²) in [6, 6.07) is 3.71. The molecule has 0 amide bonds. The number of hydrogen-bond acceptors (Lipinski definition) is 2. The van der Waals surface area contributed by atoms with Crippen LogP contribution in [0, 0.1) is 36.0 Å². The van der Waals surface area contributed by atoms with Crippen LogP contribution in [-0.4, -0.2) is 5.11 Å². The summed E-state index contributed by atoms with van der Waals surface area (Å²) in [6.45, 7) is 1.74. The molecule has 1 aromatic rings. The third-order valence-corrected chi connectivity index (χ3v) is 2.74. The van der Waals surface area contributed by atoms with Gasteiger partial charge in [0.05, 0.1) is 11.0 Å². The van der Waals surface area contributed by atoms with Gasteiger partial charge in [0.2, 0.25) is 0 Å². The van der Waals surface area contributed by atoms with E-state index in [1.54, 1.807) is 6.92 Å². The number of terminal acetylenes is 1. The Kier molecular flexibility index (Phi) is 4.52. The molecule has 1 unspecified atom stereocenters. The van der Waals surface area contributed by atoms with Gasteiger partial charge in [-0.1, -0.05) is 5.92 Å². The van der Waals surface area contributed by atoms with Gasteiger partial charge in [-0.3, -0.25) is 0 Å². The van der Waals surface area contributed by atoms with Crippen LogP contribution in [0.2, 0.25) is 0 Å². The molecule has 1 N–H and O–H groups in total. The Labute approximate surface area is 94.1 Å².